The van der Waals surface area contributed by atoms with Crippen molar-refractivity contribution >= 4 is 40.6 Å². The summed E-state index contributed by atoms with van der Waals surface area (Å²) in [5.41, 5.74) is 0.705. The van der Waals surface area contributed by atoms with Crippen molar-refractivity contribution in [2.24, 2.45) is 0 Å². The quantitative estimate of drug-likeness (QED) is 0.677. The minimum atomic E-state index is -0.541. The van der Waals surface area contributed by atoms with Gasteiger partial charge in [0.05, 0.1) is 22.3 Å². The lowest BCUT2D eigenvalue weighted by molar-refractivity contribution is -0.116. The zero-order chi connectivity index (χ0) is 18.2. The van der Waals surface area contributed by atoms with Gasteiger partial charge in [-0.05, 0) is 25.1 Å². The van der Waals surface area contributed by atoms with E-state index in [4.69, 9.17) is 32.7 Å². The number of benzene rings is 1. The van der Waals surface area contributed by atoms with Gasteiger partial charge in [0.25, 0.3) is 0 Å². The van der Waals surface area contributed by atoms with Gasteiger partial charge in [-0.15, -0.1) is 0 Å². The Hall–Kier alpha value is -2.02. The van der Waals surface area contributed by atoms with Crippen molar-refractivity contribution in [3.05, 3.63) is 46.6 Å². The summed E-state index contributed by atoms with van der Waals surface area (Å²) in [5, 5.41) is 6.45. The van der Waals surface area contributed by atoms with Crippen LogP contribution in [-0.4, -0.2) is 37.3 Å². The zero-order valence-corrected chi connectivity index (χ0v) is 15.4. The number of para-hydroxylation sites is 2. The first-order valence-corrected chi connectivity index (χ1v) is 8.36. The Labute approximate surface area is 156 Å². The molecule has 1 amide bonds. The molecule has 6 nitrogen and oxygen atoms in total. The Morgan fingerprint density at radius 1 is 1.28 bits per heavy atom. The fourth-order valence-corrected chi connectivity index (χ4v) is 2.40. The molecular formula is C17H19Cl2N3O3. The first kappa shape index (κ1) is 19.3. The third-order valence-electron chi connectivity index (χ3n) is 3.25. The van der Waals surface area contributed by atoms with E-state index < -0.39 is 6.04 Å². The van der Waals surface area contributed by atoms with E-state index in [2.05, 4.69) is 15.6 Å². The molecule has 0 saturated carbocycles. The summed E-state index contributed by atoms with van der Waals surface area (Å²) < 4.78 is 10.6. The van der Waals surface area contributed by atoms with Gasteiger partial charge >= 0.3 is 0 Å². The molecule has 1 unspecified atom stereocenters. The molecule has 1 heterocycles. The number of halogens is 2. The largest absolute Gasteiger partial charge is 0.489 e. The zero-order valence-electron chi connectivity index (χ0n) is 13.9. The maximum Gasteiger partial charge on any atom is 0.247 e. The number of nitrogens with one attached hydrogen (secondary N) is 2. The second-order valence-corrected chi connectivity index (χ2v) is 6.02. The summed E-state index contributed by atoms with van der Waals surface area (Å²) in [6.07, 6.45) is 1.42. The summed E-state index contributed by atoms with van der Waals surface area (Å²) in [6.45, 7) is 2.62. The summed E-state index contributed by atoms with van der Waals surface area (Å²) in [5.74, 6) is 0.611. The van der Waals surface area contributed by atoms with Gasteiger partial charge in [0, 0.05) is 13.3 Å². The molecule has 2 N–H and O–H groups in total. The molecule has 1 atom stereocenters. The van der Waals surface area contributed by atoms with E-state index in [0.29, 0.717) is 29.7 Å². The molecule has 25 heavy (non-hydrogen) atoms. The first-order valence-electron chi connectivity index (χ1n) is 7.60. The number of hydrogen-bond donors (Lipinski definition) is 2. The number of rotatable bonds is 8. The molecule has 1 aromatic heterocycles. The normalized spacial score (nSPS) is 11.7. The maximum atomic E-state index is 12.4. The fraction of sp³-hybridized carbons (Fsp3) is 0.294. The van der Waals surface area contributed by atoms with Crippen molar-refractivity contribution in [1.29, 1.82) is 0 Å². The Balaban J connectivity index is 2.01. The van der Waals surface area contributed by atoms with E-state index >= 15 is 0 Å². The van der Waals surface area contributed by atoms with E-state index in [-0.39, 0.29) is 16.7 Å². The van der Waals surface area contributed by atoms with Crippen LogP contribution in [0.15, 0.2) is 36.5 Å². The molecule has 0 radical (unpaired) electrons. The van der Waals surface area contributed by atoms with Gasteiger partial charge in [0.15, 0.2) is 5.82 Å². The molecule has 134 valence electrons. The van der Waals surface area contributed by atoms with Gasteiger partial charge in [-0.2, -0.15) is 0 Å². The van der Waals surface area contributed by atoms with E-state index in [1.54, 1.807) is 14.0 Å². The average Bonchev–Trinajstić information content (AvgIpc) is 2.59. The first-order chi connectivity index (χ1) is 12.0. The predicted molar refractivity (Wildman–Crippen MR) is 99.8 cm³/mol. The van der Waals surface area contributed by atoms with E-state index in [1.165, 1.54) is 12.3 Å². The number of amides is 1. The van der Waals surface area contributed by atoms with Crippen molar-refractivity contribution in [1.82, 2.24) is 4.98 Å². The third-order valence-corrected chi connectivity index (χ3v) is 3.74. The molecule has 2 rings (SSSR count). The van der Waals surface area contributed by atoms with Crippen LogP contribution in [0.3, 0.4) is 0 Å². The fourth-order valence-electron chi connectivity index (χ4n) is 1.98. The highest BCUT2D eigenvalue weighted by Crippen LogP contribution is 2.25. The number of ether oxygens (including phenoxy) is 2. The van der Waals surface area contributed by atoms with Gasteiger partial charge in [0.2, 0.25) is 5.91 Å². The van der Waals surface area contributed by atoms with E-state index in [9.17, 15) is 4.79 Å². The van der Waals surface area contributed by atoms with Gasteiger partial charge in [-0.1, -0.05) is 35.3 Å². The number of carbonyl (C=O) groups is 1. The number of hydrogen-bond acceptors (Lipinski definition) is 5. The van der Waals surface area contributed by atoms with Crippen LogP contribution in [0.2, 0.25) is 10.0 Å². The monoisotopic (exact) mass is 383 g/mol. The van der Waals surface area contributed by atoms with Crippen LogP contribution in [0.5, 0.6) is 5.75 Å². The number of aromatic nitrogens is 1. The molecular weight excluding hydrogens is 365 g/mol. The average molecular weight is 384 g/mol. The minimum Gasteiger partial charge on any atom is -0.489 e. The van der Waals surface area contributed by atoms with Crippen LogP contribution in [-0.2, 0) is 9.53 Å². The second kappa shape index (κ2) is 9.46. The summed E-state index contributed by atoms with van der Waals surface area (Å²) in [6, 6.07) is 8.34. The van der Waals surface area contributed by atoms with Gasteiger partial charge in [0.1, 0.15) is 18.4 Å². The van der Waals surface area contributed by atoms with E-state index in [0.717, 1.165) is 0 Å². The lowest BCUT2D eigenvalue weighted by Gasteiger charge is -2.18. The second-order valence-electron chi connectivity index (χ2n) is 5.18. The van der Waals surface area contributed by atoms with Crippen LogP contribution < -0.4 is 15.4 Å². The minimum absolute atomic E-state index is 0.259. The van der Waals surface area contributed by atoms with Crippen LogP contribution >= 0.6 is 23.2 Å². The van der Waals surface area contributed by atoms with Crippen LogP contribution in [0.25, 0.3) is 0 Å². The Morgan fingerprint density at radius 2 is 2.04 bits per heavy atom. The summed E-state index contributed by atoms with van der Waals surface area (Å²) in [4.78, 5) is 16.4. The molecule has 0 fully saturated rings. The number of methoxy groups -OCH3 is 1. The highest BCUT2D eigenvalue weighted by atomic mass is 35.5. The third kappa shape index (κ3) is 5.77. The van der Waals surface area contributed by atoms with Crippen LogP contribution in [0.1, 0.15) is 6.92 Å². The van der Waals surface area contributed by atoms with Gasteiger partial charge in [-0.3, -0.25) is 4.79 Å². The number of nitrogens with zero attached hydrogens (tertiary/aromatic N) is 1. The molecule has 0 spiro atoms. The lowest BCUT2D eigenvalue weighted by atomic mass is 10.2. The lowest BCUT2D eigenvalue weighted by Crippen LogP contribution is -2.32. The van der Waals surface area contributed by atoms with Crippen molar-refractivity contribution in [2.75, 3.05) is 31.0 Å². The van der Waals surface area contributed by atoms with Crippen LogP contribution in [0, 0.1) is 0 Å². The highest BCUT2D eigenvalue weighted by molar-refractivity contribution is 6.36. The summed E-state index contributed by atoms with van der Waals surface area (Å²) >= 11 is 11.8. The van der Waals surface area contributed by atoms with Crippen molar-refractivity contribution in [2.45, 2.75) is 13.0 Å². The van der Waals surface area contributed by atoms with Gasteiger partial charge in [-0.25, -0.2) is 4.98 Å². The molecule has 8 heteroatoms. The predicted octanol–water partition coefficient (Wildman–Crippen LogP) is 3.85. The Kier molecular flexibility index (Phi) is 7.31. The molecule has 0 aliphatic heterocycles. The Bertz CT molecular complexity index is 728. The number of anilines is 2. The molecule has 0 saturated heterocycles. The number of carbonyl (C=O) groups excluding carboxylic acids is 1. The molecule has 2 aromatic rings. The topological polar surface area (TPSA) is 72.5 Å². The summed E-state index contributed by atoms with van der Waals surface area (Å²) in [7, 11) is 1.61. The van der Waals surface area contributed by atoms with E-state index in [1.807, 2.05) is 24.3 Å². The molecule has 1 aromatic carbocycles. The standard InChI is InChI=1S/C17H19Cl2N3O3/c1-11(17(23)22-16-13(19)9-12(18)10-20-16)21-14-5-3-4-6-15(14)25-8-7-24-2/h3-6,9-11,21H,7-8H2,1-2H3,(H,20,22,23). The van der Waals surface area contributed by atoms with Crippen molar-refractivity contribution in [3.8, 4) is 5.75 Å². The highest BCUT2D eigenvalue weighted by Gasteiger charge is 2.16. The van der Waals surface area contributed by atoms with Crippen LogP contribution in [0.4, 0.5) is 11.5 Å². The molecule has 0 aliphatic rings. The van der Waals surface area contributed by atoms with Crippen molar-refractivity contribution < 1.29 is 14.3 Å². The van der Waals surface area contributed by atoms with Gasteiger partial charge < -0.3 is 20.1 Å². The SMILES string of the molecule is COCCOc1ccccc1NC(C)C(=O)Nc1ncc(Cl)cc1Cl. The molecule has 0 bridgehead atoms. The maximum absolute atomic E-state index is 12.4. The smallest absolute Gasteiger partial charge is 0.247 e. The number of pyridine rings is 1. The molecule has 0 aliphatic carbocycles. The Morgan fingerprint density at radius 3 is 2.76 bits per heavy atom. The van der Waals surface area contributed by atoms with Crippen molar-refractivity contribution in [3.63, 3.8) is 0 Å².